The maximum absolute atomic E-state index is 4.88. The SMILES string of the molecule is CCCNC1CCCc2nc(N(C)C(C)CC)sc21. The van der Waals surface area contributed by atoms with Gasteiger partial charge >= 0.3 is 0 Å². The number of aromatic nitrogens is 1. The number of fused-ring (bicyclic) bond motifs is 1. The molecule has 19 heavy (non-hydrogen) atoms. The second kappa shape index (κ2) is 6.71. The van der Waals surface area contributed by atoms with Crippen molar-refractivity contribution >= 4 is 16.5 Å². The summed E-state index contributed by atoms with van der Waals surface area (Å²) in [7, 11) is 2.17. The van der Waals surface area contributed by atoms with Gasteiger partial charge in [-0.15, -0.1) is 0 Å². The molecular weight excluding hydrogens is 254 g/mol. The Labute approximate surface area is 121 Å². The van der Waals surface area contributed by atoms with Gasteiger partial charge in [-0.2, -0.15) is 0 Å². The highest BCUT2D eigenvalue weighted by atomic mass is 32.1. The van der Waals surface area contributed by atoms with Gasteiger partial charge in [-0.25, -0.2) is 4.98 Å². The van der Waals surface area contributed by atoms with Crippen molar-refractivity contribution in [1.82, 2.24) is 10.3 Å². The molecular formula is C15H27N3S. The molecule has 4 heteroatoms. The Morgan fingerprint density at radius 1 is 1.47 bits per heavy atom. The summed E-state index contributed by atoms with van der Waals surface area (Å²) in [5.41, 5.74) is 1.34. The molecule has 2 rings (SSSR count). The Bertz CT molecular complexity index is 402. The molecule has 1 aromatic rings. The molecule has 1 heterocycles. The summed E-state index contributed by atoms with van der Waals surface area (Å²) in [5.74, 6) is 0. The lowest BCUT2D eigenvalue weighted by Gasteiger charge is -2.23. The second-order valence-electron chi connectivity index (χ2n) is 5.57. The normalized spacial score (nSPS) is 20.1. The van der Waals surface area contributed by atoms with E-state index in [0.29, 0.717) is 12.1 Å². The number of rotatable bonds is 6. The van der Waals surface area contributed by atoms with Crippen molar-refractivity contribution in [2.24, 2.45) is 0 Å². The van der Waals surface area contributed by atoms with Crippen LogP contribution in [0.4, 0.5) is 5.13 Å². The van der Waals surface area contributed by atoms with E-state index in [0.717, 1.165) is 19.4 Å². The third-order valence-corrected chi connectivity index (χ3v) is 5.44. The first-order valence-corrected chi connectivity index (χ1v) is 8.44. The fourth-order valence-electron chi connectivity index (χ4n) is 2.53. The topological polar surface area (TPSA) is 28.2 Å². The third kappa shape index (κ3) is 3.29. The molecule has 0 spiro atoms. The van der Waals surface area contributed by atoms with Crippen LogP contribution in [0.5, 0.6) is 0 Å². The number of anilines is 1. The molecule has 2 atom stereocenters. The van der Waals surface area contributed by atoms with Gasteiger partial charge in [0.05, 0.1) is 5.69 Å². The molecule has 0 radical (unpaired) electrons. The van der Waals surface area contributed by atoms with Gasteiger partial charge in [0, 0.05) is 24.0 Å². The van der Waals surface area contributed by atoms with E-state index in [2.05, 4.69) is 38.0 Å². The summed E-state index contributed by atoms with van der Waals surface area (Å²) in [4.78, 5) is 8.71. The lowest BCUT2D eigenvalue weighted by atomic mass is 9.98. The maximum atomic E-state index is 4.88. The lowest BCUT2D eigenvalue weighted by molar-refractivity contribution is 0.464. The predicted molar refractivity (Wildman–Crippen MR) is 84.2 cm³/mol. The smallest absolute Gasteiger partial charge is 0.185 e. The van der Waals surface area contributed by atoms with E-state index < -0.39 is 0 Å². The Morgan fingerprint density at radius 3 is 2.95 bits per heavy atom. The third-order valence-electron chi connectivity index (χ3n) is 4.13. The Kier molecular flexibility index (Phi) is 5.22. The first-order valence-electron chi connectivity index (χ1n) is 7.63. The van der Waals surface area contributed by atoms with E-state index in [1.165, 1.54) is 35.0 Å². The molecule has 108 valence electrons. The number of hydrogen-bond donors (Lipinski definition) is 1. The quantitative estimate of drug-likeness (QED) is 0.860. The highest BCUT2D eigenvalue weighted by Gasteiger charge is 2.25. The largest absolute Gasteiger partial charge is 0.348 e. The van der Waals surface area contributed by atoms with Crippen LogP contribution in [0.2, 0.25) is 0 Å². The van der Waals surface area contributed by atoms with E-state index in [-0.39, 0.29) is 0 Å². The van der Waals surface area contributed by atoms with Crippen molar-refractivity contribution in [3.63, 3.8) is 0 Å². The maximum Gasteiger partial charge on any atom is 0.185 e. The number of nitrogens with one attached hydrogen (secondary N) is 1. The fourth-order valence-corrected chi connectivity index (χ4v) is 3.82. The van der Waals surface area contributed by atoms with Gasteiger partial charge in [0.15, 0.2) is 5.13 Å². The van der Waals surface area contributed by atoms with Crippen LogP contribution in [0.3, 0.4) is 0 Å². The van der Waals surface area contributed by atoms with Gasteiger partial charge in [-0.1, -0.05) is 25.2 Å². The minimum Gasteiger partial charge on any atom is -0.348 e. The van der Waals surface area contributed by atoms with E-state index in [1.54, 1.807) is 0 Å². The van der Waals surface area contributed by atoms with Crippen molar-refractivity contribution in [3.05, 3.63) is 10.6 Å². The van der Waals surface area contributed by atoms with Gasteiger partial charge < -0.3 is 10.2 Å². The molecule has 0 saturated carbocycles. The van der Waals surface area contributed by atoms with Crippen LogP contribution in [-0.4, -0.2) is 24.6 Å². The first kappa shape index (κ1) is 14.8. The van der Waals surface area contributed by atoms with Gasteiger partial charge in [-0.3, -0.25) is 0 Å². The highest BCUT2D eigenvalue weighted by Crippen LogP contribution is 2.37. The molecule has 0 bridgehead atoms. The fraction of sp³-hybridized carbons (Fsp3) is 0.800. The number of hydrogen-bond acceptors (Lipinski definition) is 4. The first-order chi connectivity index (χ1) is 9.17. The van der Waals surface area contributed by atoms with Crippen molar-refractivity contribution in [1.29, 1.82) is 0 Å². The highest BCUT2D eigenvalue weighted by molar-refractivity contribution is 7.15. The Morgan fingerprint density at radius 2 is 2.26 bits per heavy atom. The minimum absolute atomic E-state index is 0.542. The zero-order valence-corrected chi connectivity index (χ0v) is 13.5. The molecule has 0 amide bonds. The molecule has 1 aliphatic carbocycles. The van der Waals surface area contributed by atoms with Gasteiger partial charge in [0.2, 0.25) is 0 Å². The molecule has 1 aliphatic rings. The van der Waals surface area contributed by atoms with Crippen LogP contribution in [-0.2, 0) is 6.42 Å². The van der Waals surface area contributed by atoms with Crippen LogP contribution in [0, 0.1) is 0 Å². The van der Waals surface area contributed by atoms with E-state index in [9.17, 15) is 0 Å². The molecule has 1 aromatic heterocycles. The van der Waals surface area contributed by atoms with Gasteiger partial charge in [-0.05, 0) is 45.6 Å². The molecule has 0 aromatic carbocycles. The average molecular weight is 281 g/mol. The summed E-state index contributed by atoms with van der Waals surface area (Å²) in [6.45, 7) is 7.84. The summed E-state index contributed by atoms with van der Waals surface area (Å²) in [5, 5.41) is 4.87. The van der Waals surface area contributed by atoms with E-state index in [1.807, 2.05) is 11.3 Å². The summed E-state index contributed by atoms with van der Waals surface area (Å²) >= 11 is 1.90. The molecule has 0 fully saturated rings. The number of aryl methyl sites for hydroxylation is 1. The van der Waals surface area contributed by atoms with Crippen LogP contribution in [0.15, 0.2) is 0 Å². The predicted octanol–water partition coefficient (Wildman–Crippen LogP) is 3.75. The molecule has 0 aliphatic heterocycles. The van der Waals surface area contributed by atoms with E-state index >= 15 is 0 Å². The summed E-state index contributed by atoms with van der Waals surface area (Å²) in [6.07, 6.45) is 6.05. The Hall–Kier alpha value is -0.610. The standard InChI is InChI=1S/C15H27N3S/c1-5-10-16-12-8-7-9-13-14(12)19-15(17-13)18(4)11(3)6-2/h11-12,16H,5-10H2,1-4H3. The van der Waals surface area contributed by atoms with Crippen molar-refractivity contribution in [3.8, 4) is 0 Å². The van der Waals surface area contributed by atoms with Crippen LogP contribution in [0.1, 0.15) is 63.1 Å². The molecule has 2 unspecified atom stereocenters. The molecule has 3 nitrogen and oxygen atoms in total. The molecule has 1 N–H and O–H groups in total. The summed E-state index contributed by atoms with van der Waals surface area (Å²) in [6, 6.07) is 1.11. The Balaban J connectivity index is 2.16. The molecule has 0 saturated heterocycles. The minimum atomic E-state index is 0.542. The van der Waals surface area contributed by atoms with Crippen LogP contribution < -0.4 is 10.2 Å². The van der Waals surface area contributed by atoms with Gasteiger partial charge in [0.1, 0.15) is 0 Å². The second-order valence-corrected chi connectivity index (χ2v) is 6.58. The van der Waals surface area contributed by atoms with Crippen molar-refractivity contribution in [2.75, 3.05) is 18.5 Å². The van der Waals surface area contributed by atoms with Gasteiger partial charge in [0.25, 0.3) is 0 Å². The zero-order valence-electron chi connectivity index (χ0n) is 12.7. The number of thiazole rings is 1. The van der Waals surface area contributed by atoms with Crippen molar-refractivity contribution in [2.45, 2.75) is 65.0 Å². The van der Waals surface area contributed by atoms with Crippen LogP contribution >= 0.6 is 11.3 Å². The average Bonchev–Trinajstić information content (AvgIpc) is 2.87. The monoisotopic (exact) mass is 281 g/mol. The van der Waals surface area contributed by atoms with Crippen molar-refractivity contribution < 1.29 is 0 Å². The number of nitrogens with zero attached hydrogens (tertiary/aromatic N) is 2. The zero-order chi connectivity index (χ0) is 13.8. The van der Waals surface area contributed by atoms with Crippen LogP contribution in [0.25, 0.3) is 0 Å². The van der Waals surface area contributed by atoms with E-state index in [4.69, 9.17) is 4.98 Å². The summed E-state index contributed by atoms with van der Waals surface area (Å²) < 4.78 is 0. The lowest BCUT2D eigenvalue weighted by Crippen LogP contribution is -2.27.